The highest BCUT2D eigenvalue weighted by Gasteiger charge is 2.21. The van der Waals surface area contributed by atoms with Gasteiger partial charge in [0, 0.05) is 24.8 Å². The van der Waals surface area contributed by atoms with Gasteiger partial charge in [-0.25, -0.2) is 4.99 Å². The third-order valence-corrected chi connectivity index (χ3v) is 6.83. The summed E-state index contributed by atoms with van der Waals surface area (Å²) in [7, 11) is 2.07. The molecule has 0 saturated carbocycles. The third-order valence-electron chi connectivity index (χ3n) is 5.80. The normalized spacial score (nSPS) is 11.5. The van der Waals surface area contributed by atoms with Crippen molar-refractivity contribution in [3.05, 3.63) is 85.3 Å². The predicted molar refractivity (Wildman–Crippen MR) is 152 cm³/mol. The molecule has 3 rings (SSSR count). The number of halogens is 3. The van der Waals surface area contributed by atoms with Crippen LogP contribution in [0.2, 0.25) is 15.1 Å². The zero-order valence-electron chi connectivity index (χ0n) is 20.9. The summed E-state index contributed by atoms with van der Waals surface area (Å²) in [6.07, 6.45) is 1.06. The first-order chi connectivity index (χ1) is 16.5. The van der Waals surface area contributed by atoms with Gasteiger partial charge >= 0.3 is 0 Å². The number of aliphatic imine (C=N–C) groups is 1. The fourth-order valence-corrected chi connectivity index (χ4v) is 4.76. The van der Waals surface area contributed by atoms with Gasteiger partial charge in [-0.2, -0.15) is 0 Å². The van der Waals surface area contributed by atoms with Gasteiger partial charge in [-0.05, 0) is 81.1 Å². The first kappa shape index (κ1) is 27.1. The molecule has 0 atom stereocenters. The Morgan fingerprint density at radius 1 is 0.886 bits per heavy atom. The molecule has 0 spiro atoms. The van der Waals surface area contributed by atoms with Crippen LogP contribution in [0.1, 0.15) is 41.2 Å². The molecule has 1 N–H and O–H groups in total. The minimum Gasteiger partial charge on any atom is -0.375 e. The molecule has 0 aromatic heterocycles. The van der Waals surface area contributed by atoms with E-state index in [1.54, 1.807) is 6.07 Å². The Labute approximate surface area is 222 Å². The summed E-state index contributed by atoms with van der Waals surface area (Å²) in [4.78, 5) is 20.7. The van der Waals surface area contributed by atoms with Gasteiger partial charge in [-0.3, -0.25) is 4.79 Å². The van der Waals surface area contributed by atoms with Crippen molar-refractivity contribution >= 4 is 63.5 Å². The van der Waals surface area contributed by atoms with Crippen LogP contribution in [0.5, 0.6) is 0 Å². The van der Waals surface area contributed by atoms with Crippen molar-refractivity contribution in [2.45, 2.75) is 41.0 Å². The number of anilines is 2. The molecule has 0 bridgehead atoms. The van der Waals surface area contributed by atoms with Crippen LogP contribution in [0.15, 0.2) is 47.5 Å². The molecule has 0 aliphatic rings. The Morgan fingerprint density at radius 3 is 2.11 bits per heavy atom. The molecular formula is C28H30Cl3N3O. The molecular weight excluding hydrogens is 501 g/mol. The lowest BCUT2D eigenvalue weighted by Crippen LogP contribution is -2.25. The zero-order valence-corrected chi connectivity index (χ0v) is 23.2. The van der Waals surface area contributed by atoms with Crippen LogP contribution in [0.4, 0.5) is 17.1 Å². The first-order valence-corrected chi connectivity index (χ1v) is 12.6. The molecule has 0 aliphatic carbocycles. The fourth-order valence-electron chi connectivity index (χ4n) is 4.16. The van der Waals surface area contributed by atoms with Crippen molar-refractivity contribution in [2.24, 2.45) is 4.99 Å². The van der Waals surface area contributed by atoms with E-state index in [0.29, 0.717) is 26.5 Å². The SMILES string of the molecule is CCCN(C)c1ccc(N=C(C(=O)Nc2cc(Cl)c(Cl)cc2Cl)c2c(C)cc(C)cc2C)c(C)c1. The van der Waals surface area contributed by atoms with Crippen LogP contribution in [0, 0.1) is 27.7 Å². The van der Waals surface area contributed by atoms with E-state index < -0.39 is 0 Å². The summed E-state index contributed by atoms with van der Waals surface area (Å²) in [6.45, 7) is 11.1. The van der Waals surface area contributed by atoms with Crippen molar-refractivity contribution in [3.8, 4) is 0 Å². The maximum atomic E-state index is 13.6. The number of aryl methyl sites for hydroxylation is 4. The average Bonchev–Trinajstić information content (AvgIpc) is 2.77. The Bertz CT molecular complexity index is 1280. The summed E-state index contributed by atoms with van der Waals surface area (Å²) in [5.41, 5.74) is 7.33. The lowest BCUT2D eigenvalue weighted by Gasteiger charge is -2.20. The van der Waals surface area contributed by atoms with Gasteiger partial charge in [0.25, 0.3) is 5.91 Å². The number of rotatable bonds is 7. The third kappa shape index (κ3) is 6.38. The molecule has 1 amide bonds. The molecule has 0 unspecified atom stereocenters. The quantitative estimate of drug-likeness (QED) is 0.246. The largest absolute Gasteiger partial charge is 0.375 e. The number of carbonyl (C=O) groups is 1. The molecule has 184 valence electrons. The number of benzene rings is 3. The van der Waals surface area contributed by atoms with E-state index >= 15 is 0 Å². The van der Waals surface area contributed by atoms with Gasteiger partial charge in [0.05, 0.1) is 26.4 Å². The lowest BCUT2D eigenvalue weighted by molar-refractivity contribution is -0.110. The minimum atomic E-state index is -0.382. The van der Waals surface area contributed by atoms with Crippen LogP contribution >= 0.6 is 34.8 Å². The van der Waals surface area contributed by atoms with E-state index in [1.165, 1.54) is 6.07 Å². The lowest BCUT2D eigenvalue weighted by atomic mass is 9.95. The summed E-state index contributed by atoms with van der Waals surface area (Å²) < 4.78 is 0. The van der Waals surface area contributed by atoms with Gasteiger partial charge in [0.2, 0.25) is 0 Å². The van der Waals surface area contributed by atoms with E-state index in [9.17, 15) is 4.79 Å². The van der Waals surface area contributed by atoms with Crippen molar-refractivity contribution in [3.63, 3.8) is 0 Å². The molecule has 0 heterocycles. The van der Waals surface area contributed by atoms with Gasteiger partial charge < -0.3 is 10.2 Å². The van der Waals surface area contributed by atoms with Crippen LogP contribution in [0.25, 0.3) is 0 Å². The Balaban J connectivity index is 2.12. The molecule has 0 saturated heterocycles. The molecule has 7 heteroatoms. The Kier molecular flexibility index (Phi) is 8.87. The van der Waals surface area contributed by atoms with E-state index in [2.05, 4.69) is 30.3 Å². The van der Waals surface area contributed by atoms with Gasteiger partial charge in [0.15, 0.2) is 0 Å². The zero-order chi connectivity index (χ0) is 25.9. The molecule has 3 aromatic carbocycles. The highest BCUT2D eigenvalue weighted by molar-refractivity contribution is 6.51. The number of amides is 1. The number of carbonyl (C=O) groups excluding carboxylic acids is 1. The van der Waals surface area contributed by atoms with Crippen LogP contribution < -0.4 is 10.2 Å². The molecule has 3 aromatic rings. The van der Waals surface area contributed by atoms with Gasteiger partial charge in [-0.15, -0.1) is 0 Å². The number of nitrogens with one attached hydrogen (secondary N) is 1. The Hall–Kier alpha value is -2.53. The van der Waals surface area contributed by atoms with E-state index in [0.717, 1.165) is 52.2 Å². The number of hydrogen-bond acceptors (Lipinski definition) is 3. The topological polar surface area (TPSA) is 44.7 Å². The van der Waals surface area contributed by atoms with Gasteiger partial charge in [-0.1, -0.05) is 59.4 Å². The number of nitrogens with zero attached hydrogens (tertiary/aromatic N) is 2. The Morgan fingerprint density at radius 2 is 1.51 bits per heavy atom. The minimum absolute atomic E-state index is 0.295. The van der Waals surface area contributed by atoms with Crippen molar-refractivity contribution < 1.29 is 4.79 Å². The summed E-state index contributed by atoms with van der Waals surface area (Å²) in [5, 5.41) is 3.79. The fraction of sp³-hybridized carbons (Fsp3) is 0.286. The smallest absolute Gasteiger partial charge is 0.274 e. The van der Waals surface area contributed by atoms with Crippen LogP contribution in [0.3, 0.4) is 0 Å². The average molecular weight is 531 g/mol. The summed E-state index contributed by atoms with van der Waals surface area (Å²) in [5.74, 6) is -0.382. The molecule has 4 nitrogen and oxygen atoms in total. The van der Waals surface area contributed by atoms with E-state index in [4.69, 9.17) is 39.8 Å². The van der Waals surface area contributed by atoms with Crippen molar-refractivity contribution in [1.29, 1.82) is 0 Å². The highest BCUT2D eigenvalue weighted by atomic mass is 35.5. The molecule has 0 radical (unpaired) electrons. The maximum Gasteiger partial charge on any atom is 0.274 e. The van der Waals surface area contributed by atoms with Gasteiger partial charge in [0.1, 0.15) is 5.71 Å². The summed E-state index contributed by atoms with van der Waals surface area (Å²) in [6, 6.07) is 13.2. The summed E-state index contributed by atoms with van der Waals surface area (Å²) >= 11 is 18.6. The van der Waals surface area contributed by atoms with Crippen LogP contribution in [-0.4, -0.2) is 25.2 Å². The predicted octanol–water partition coefficient (Wildman–Crippen LogP) is 8.49. The van der Waals surface area contributed by atoms with Crippen molar-refractivity contribution in [2.75, 3.05) is 23.8 Å². The number of hydrogen-bond donors (Lipinski definition) is 1. The second kappa shape index (κ2) is 11.5. The van der Waals surface area contributed by atoms with E-state index in [-0.39, 0.29) is 5.91 Å². The molecule has 35 heavy (non-hydrogen) atoms. The highest BCUT2D eigenvalue weighted by Crippen LogP contribution is 2.33. The monoisotopic (exact) mass is 529 g/mol. The molecule has 0 fully saturated rings. The first-order valence-electron chi connectivity index (χ1n) is 11.5. The second-order valence-electron chi connectivity index (χ2n) is 8.83. The maximum absolute atomic E-state index is 13.6. The van der Waals surface area contributed by atoms with E-state index in [1.807, 2.05) is 52.0 Å². The van der Waals surface area contributed by atoms with Crippen molar-refractivity contribution in [1.82, 2.24) is 0 Å². The standard InChI is InChI=1S/C28H30Cl3N3O/c1-7-10-34(6)20-8-9-24(17(3)13-20)32-27(26-18(4)11-16(2)12-19(26)5)28(35)33-25-15-22(30)21(29)14-23(25)31/h8-9,11-15H,7,10H2,1-6H3,(H,33,35). The van der Waals surface area contributed by atoms with Crippen LogP contribution in [-0.2, 0) is 4.79 Å². The molecule has 0 aliphatic heterocycles. The second-order valence-corrected chi connectivity index (χ2v) is 10.0.